The fourth-order valence-corrected chi connectivity index (χ4v) is 2.59. The van der Waals surface area contributed by atoms with Crippen molar-refractivity contribution in [3.63, 3.8) is 0 Å². The number of carboxylic acid groups (broad SMARTS) is 1. The van der Waals surface area contributed by atoms with Gasteiger partial charge >= 0.3 is 5.97 Å². The van der Waals surface area contributed by atoms with Gasteiger partial charge in [0.2, 0.25) is 0 Å². The summed E-state index contributed by atoms with van der Waals surface area (Å²) in [5.74, 6) is -1.61. The Morgan fingerprint density at radius 3 is 2.95 bits per heavy atom. The molecule has 0 saturated carbocycles. The first-order chi connectivity index (χ1) is 9.51. The molecular formula is C15H20FNO3. The number of aromatic carboxylic acids is 1. The van der Waals surface area contributed by atoms with Gasteiger partial charge in [0.05, 0.1) is 18.3 Å². The molecule has 1 fully saturated rings. The van der Waals surface area contributed by atoms with Gasteiger partial charge in [-0.25, -0.2) is 9.18 Å². The van der Waals surface area contributed by atoms with Crippen LogP contribution in [0.25, 0.3) is 0 Å². The molecule has 110 valence electrons. The van der Waals surface area contributed by atoms with Crippen molar-refractivity contribution in [2.24, 2.45) is 0 Å². The maximum Gasteiger partial charge on any atom is 0.336 e. The van der Waals surface area contributed by atoms with Gasteiger partial charge in [-0.2, -0.15) is 0 Å². The van der Waals surface area contributed by atoms with E-state index in [2.05, 4.69) is 11.8 Å². The Balaban J connectivity index is 2.21. The Bertz CT molecular complexity index is 492. The van der Waals surface area contributed by atoms with Crippen LogP contribution in [-0.2, 0) is 11.3 Å². The molecule has 0 radical (unpaired) electrons. The summed E-state index contributed by atoms with van der Waals surface area (Å²) >= 11 is 0. The zero-order valence-electron chi connectivity index (χ0n) is 11.8. The molecule has 2 rings (SSSR count). The molecule has 1 aliphatic heterocycles. The number of hydrogen-bond acceptors (Lipinski definition) is 3. The lowest BCUT2D eigenvalue weighted by atomic mass is 10.0. The standard InChI is InChI=1S/C15H20FNO3/c1-3-13-9-20-10(2)7-17(13)8-11-4-5-12(16)6-14(11)15(18)19/h4-6,10,13H,3,7-9H2,1-2H3,(H,18,19). The summed E-state index contributed by atoms with van der Waals surface area (Å²) in [5.41, 5.74) is 0.686. The molecule has 0 aliphatic carbocycles. The summed E-state index contributed by atoms with van der Waals surface area (Å²) in [6.45, 7) is 6.01. The molecule has 1 N–H and O–H groups in total. The first-order valence-electron chi connectivity index (χ1n) is 6.88. The van der Waals surface area contributed by atoms with Crippen LogP contribution in [0.3, 0.4) is 0 Å². The Hall–Kier alpha value is -1.46. The second-order valence-corrected chi connectivity index (χ2v) is 5.24. The molecule has 1 aromatic rings. The monoisotopic (exact) mass is 281 g/mol. The van der Waals surface area contributed by atoms with E-state index in [9.17, 15) is 14.3 Å². The topological polar surface area (TPSA) is 49.8 Å². The highest BCUT2D eigenvalue weighted by atomic mass is 19.1. The van der Waals surface area contributed by atoms with E-state index in [1.54, 1.807) is 6.07 Å². The second kappa shape index (κ2) is 6.33. The fourth-order valence-electron chi connectivity index (χ4n) is 2.59. The molecule has 1 aromatic carbocycles. The molecule has 5 heteroatoms. The van der Waals surface area contributed by atoms with Gasteiger partial charge in [-0.15, -0.1) is 0 Å². The first kappa shape index (κ1) is 14.9. The molecule has 2 atom stereocenters. The van der Waals surface area contributed by atoms with Crippen molar-refractivity contribution in [1.82, 2.24) is 4.90 Å². The molecule has 0 aromatic heterocycles. The zero-order chi connectivity index (χ0) is 14.7. The zero-order valence-corrected chi connectivity index (χ0v) is 11.8. The van der Waals surface area contributed by atoms with Crippen molar-refractivity contribution in [1.29, 1.82) is 0 Å². The number of ether oxygens (including phenoxy) is 1. The summed E-state index contributed by atoms with van der Waals surface area (Å²) in [6.07, 6.45) is 1.07. The Labute approximate surface area is 118 Å². The van der Waals surface area contributed by atoms with Crippen molar-refractivity contribution in [3.8, 4) is 0 Å². The third kappa shape index (κ3) is 3.35. The molecule has 0 amide bonds. The van der Waals surface area contributed by atoms with E-state index in [-0.39, 0.29) is 17.7 Å². The number of morpholine rings is 1. The summed E-state index contributed by atoms with van der Waals surface area (Å²) in [4.78, 5) is 13.4. The minimum atomic E-state index is -1.09. The van der Waals surface area contributed by atoms with E-state index >= 15 is 0 Å². The van der Waals surface area contributed by atoms with Crippen molar-refractivity contribution in [3.05, 3.63) is 35.1 Å². The van der Waals surface area contributed by atoms with E-state index in [1.165, 1.54) is 6.07 Å². The van der Waals surface area contributed by atoms with Crippen molar-refractivity contribution < 1.29 is 19.0 Å². The molecule has 2 unspecified atom stereocenters. The van der Waals surface area contributed by atoms with Crippen LogP contribution >= 0.6 is 0 Å². The van der Waals surface area contributed by atoms with Crippen molar-refractivity contribution >= 4 is 5.97 Å². The number of hydrogen-bond donors (Lipinski definition) is 1. The molecule has 20 heavy (non-hydrogen) atoms. The smallest absolute Gasteiger partial charge is 0.336 e. The third-order valence-corrected chi connectivity index (χ3v) is 3.73. The van der Waals surface area contributed by atoms with Crippen molar-refractivity contribution in [2.45, 2.75) is 39.0 Å². The van der Waals surface area contributed by atoms with Crippen LogP contribution < -0.4 is 0 Å². The maximum atomic E-state index is 13.2. The minimum Gasteiger partial charge on any atom is -0.478 e. The first-order valence-corrected chi connectivity index (χ1v) is 6.88. The molecule has 1 aliphatic rings. The van der Waals surface area contributed by atoms with E-state index < -0.39 is 11.8 Å². The lowest BCUT2D eigenvalue weighted by molar-refractivity contribution is -0.0592. The van der Waals surface area contributed by atoms with Crippen LogP contribution in [0.15, 0.2) is 18.2 Å². The predicted molar refractivity (Wildman–Crippen MR) is 73.3 cm³/mol. The fraction of sp³-hybridized carbons (Fsp3) is 0.533. The Morgan fingerprint density at radius 2 is 2.30 bits per heavy atom. The summed E-state index contributed by atoms with van der Waals surface area (Å²) < 4.78 is 18.8. The molecular weight excluding hydrogens is 261 g/mol. The highest BCUT2D eigenvalue weighted by Crippen LogP contribution is 2.20. The van der Waals surface area contributed by atoms with E-state index in [0.717, 1.165) is 19.0 Å². The average Bonchev–Trinajstić information content (AvgIpc) is 2.41. The molecule has 0 bridgehead atoms. The normalized spacial score (nSPS) is 23.8. The minimum absolute atomic E-state index is 0.0407. The maximum absolute atomic E-state index is 13.2. The number of halogens is 1. The van der Waals surface area contributed by atoms with Gasteiger partial charge in [0.25, 0.3) is 0 Å². The Kier molecular flexibility index (Phi) is 4.73. The van der Waals surface area contributed by atoms with Gasteiger partial charge in [-0.3, -0.25) is 4.90 Å². The number of benzene rings is 1. The van der Waals surface area contributed by atoms with Gasteiger partial charge in [-0.1, -0.05) is 13.0 Å². The summed E-state index contributed by atoms with van der Waals surface area (Å²) in [5, 5.41) is 9.18. The second-order valence-electron chi connectivity index (χ2n) is 5.24. The van der Waals surface area contributed by atoms with Crippen LogP contribution in [-0.4, -0.2) is 41.3 Å². The lowest BCUT2D eigenvalue weighted by Gasteiger charge is -2.38. The molecule has 1 saturated heterocycles. The van der Waals surface area contributed by atoms with E-state index in [1.807, 2.05) is 6.92 Å². The molecule has 4 nitrogen and oxygen atoms in total. The third-order valence-electron chi connectivity index (χ3n) is 3.73. The quantitative estimate of drug-likeness (QED) is 0.921. The van der Waals surface area contributed by atoms with E-state index in [4.69, 9.17) is 4.74 Å². The molecule has 0 spiro atoms. The van der Waals surface area contributed by atoms with Gasteiger partial charge in [-0.05, 0) is 31.0 Å². The van der Waals surface area contributed by atoms with Crippen LogP contribution in [0.5, 0.6) is 0 Å². The van der Waals surface area contributed by atoms with Gasteiger partial charge in [0.1, 0.15) is 5.82 Å². The van der Waals surface area contributed by atoms with Crippen LogP contribution in [0.2, 0.25) is 0 Å². The lowest BCUT2D eigenvalue weighted by Crippen LogP contribution is -2.48. The number of rotatable bonds is 4. The largest absolute Gasteiger partial charge is 0.478 e. The van der Waals surface area contributed by atoms with Gasteiger partial charge in [0.15, 0.2) is 0 Å². The SMILES string of the molecule is CCC1COC(C)CN1Cc1ccc(F)cc1C(=O)O. The predicted octanol–water partition coefficient (Wildman–Crippen LogP) is 2.52. The highest BCUT2D eigenvalue weighted by molar-refractivity contribution is 5.89. The van der Waals surface area contributed by atoms with Crippen LogP contribution in [0, 0.1) is 5.82 Å². The van der Waals surface area contributed by atoms with Crippen molar-refractivity contribution in [2.75, 3.05) is 13.2 Å². The Morgan fingerprint density at radius 1 is 1.55 bits per heavy atom. The highest BCUT2D eigenvalue weighted by Gasteiger charge is 2.26. The van der Waals surface area contributed by atoms with E-state index in [0.29, 0.717) is 18.7 Å². The summed E-state index contributed by atoms with van der Waals surface area (Å²) in [6, 6.07) is 4.23. The number of carboxylic acids is 1. The van der Waals surface area contributed by atoms with Gasteiger partial charge in [0, 0.05) is 19.1 Å². The molecule has 1 heterocycles. The van der Waals surface area contributed by atoms with Gasteiger partial charge < -0.3 is 9.84 Å². The number of carbonyl (C=O) groups is 1. The van der Waals surface area contributed by atoms with Crippen LogP contribution in [0.4, 0.5) is 4.39 Å². The average molecular weight is 281 g/mol. The number of nitrogens with zero attached hydrogens (tertiary/aromatic N) is 1. The summed E-state index contributed by atoms with van der Waals surface area (Å²) in [7, 11) is 0. The van der Waals surface area contributed by atoms with Crippen LogP contribution in [0.1, 0.15) is 36.2 Å².